The van der Waals surface area contributed by atoms with Gasteiger partial charge in [-0.3, -0.25) is 0 Å². The Morgan fingerprint density at radius 1 is 1.39 bits per heavy atom. The van der Waals surface area contributed by atoms with Crippen molar-refractivity contribution in [1.29, 1.82) is 0 Å². The van der Waals surface area contributed by atoms with Gasteiger partial charge in [-0.1, -0.05) is 25.1 Å². The van der Waals surface area contributed by atoms with Gasteiger partial charge in [0.25, 0.3) is 0 Å². The summed E-state index contributed by atoms with van der Waals surface area (Å²) >= 11 is 0. The van der Waals surface area contributed by atoms with Crippen molar-refractivity contribution < 1.29 is 5.11 Å². The Kier molecular flexibility index (Phi) is 5.02. The Hall–Kier alpha value is -1.06. The van der Waals surface area contributed by atoms with Crippen LogP contribution in [-0.4, -0.2) is 31.3 Å². The summed E-state index contributed by atoms with van der Waals surface area (Å²) in [5.41, 5.74) is 2.75. The fourth-order valence-electron chi connectivity index (χ4n) is 2.78. The van der Waals surface area contributed by atoms with Gasteiger partial charge in [0.2, 0.25) is 0 Å². The van der Waals surface area contributed by atoms with Gasteiger partial charge in [-0.05, 0) is 37.4 Å². The number of hydrogen-bond donors (Lipinski definition) is 2. The lowest BCUT2D eigenvalue weighted by Crippen LogP contribution is -2.26. The highest BCUT2D eigenvalue weighted by atomic mass is 16.3. The molecule has 3 nitrogen and oxygen atoms in total. The van der Waals surface area contributed by atoms with E-state index in [-0.39, 0.29) is 6.61 Å². The highest BCUT2D eigenvalue weighted by Gasteiger charge is 2.21. The largest absolute Gasteiger partial charge is 0.396 e. The maximum absolute atomic E-state index is 9.01. The van der Waals surface area contributed by atoms with Crippen LogP contribution in [0.5, 0.6) is 0 Å². The van der Waals surface area contributed by atoms with Crippen LogP contribution in [0.3, 0.4) is 0 Å². The second-order valence-electron chi connectivity index (χ2n) is 4.88. The third kappa shape index (κ3) is 3.03. The molecule has 0 aromatic heterocycles. The van der Waals surface area contributed by atoms with Crippen LogP contribution in [-0.2, 0) is 0 Å². The smallest absolute Gasteiger partial charge is 0.0447 e. The zero-order valence-electron chi connectivity index (χ0n) is 11.2. The Morgan fingerprint density at radius 3 is 3.00 bits per heavy atom. The number of rotatable bonds is 5. The number of fused-ring (bicyclic) bond motifs is 1. The number of para-hydroxylation sites is 1. The Bertz CT molecular complexity index is 367. The molecule has 1 aliphatic rings. The summed E-state index contributed by atoms with van der Waals surface area (Å²) < 4.78 is 0. The lowest BCUT2D eigenvalue weighted by Gasteiger charge is -2.25. The minimum Gasteiger partial charge on any atom is -0.396 e. The van der Waals surface area contributed by atoms with Crippen molar-refractivity contribution in [3.63, 3.8) is 0 Å². The van der Waals surface area contributed by atoms with Gasteiger partial charge in [-0.25, -0.2) is 0 Å². The molecular formula is C15H24N2O. The van der Waals surface area contributed by atoms with Crippen LogP contribution in [0.2, 0.25) is 0 Å². The summed E-state index contributed by atoms with van der Waals surface area (Å²) in [6.45, 7) is 5.49. The molecule has 1 aromatic carbocycles. The first-order valence-electron chi connectivity index (χ1n) is 7.05. The fourth-order valence-corrected chi connectivity index (χ4v) is 2.78. The summed E-state index contributed by atoms with van der Waals surface area (Å²) in [5, 5.41) is 12.6. The summed E-state index contributed by atoms with van der Waals surface area (Å²) in [6, 6.07) is 9.16. The molecule has 0 spiro atoms. The minimum atomic E-state index is 0.273. The standard InChI is InChI=1S/C15H24N2O/c1-2-16-14-8-5-10-17(11-6-12-18)15-9-4-3-7-13(14)15/h3-4,7,9,14,16,18H,2,5-6,8,10-12H2,1H3. The first-order chi connectivity index (χ1) is 8.86. The quantitative estimate of drug-likeness (QED) is 0.839. The highest BCUT2D eigenvalue weighted by Crippen LogP contribution is 2.32. The van der Waals surface area contributed by atoms with Crippen molar-refractivity contribution in [3.05, 3.63) is 29.8 Å². The van der Waals surface area contributed by atoms with Gasteiger partial charge in [0, 0.05) is 31.4 Å². The average molecular weight is 248 g/mol. The third-order valence-electron chi connectivity index (χ3n) is 3.61. The van der Waals surface area contributed by atoms with Crippen LogP contribution in [0.15, 0.2) is 24.3 Å². The molecular weight excluding hydrogens is 224 g/mol. The van der Waals surface area contributed by atoms with Gasteiger partial charge in [0.05, 0.1) is 0 Å². The van der Waals surface area contributed by atoms with Crippen LogP contribution in [0.25, 0.3) is 0 Å². The van der Waals surface area contributed by atoms with Gasteiger partial charge >= 0.3 is 0 Å². The Balaban J connectivity index is 2.23. The fraction of sp³-hybridized carbons (Fsp3) is 0.600. The Morgan fingerprint density at radius 2 is 2.22 bits per heavy atom. The van der Waals surface area contributed by atoms with E-state index >= 15 is 0 Å². The molecule has 1 heterocycles. The number of nitrogens with one attached hydrogen (secondary N) is 1. The van der Waals surface area contributed by atoms with Gasteiger partial charge in [-0.2, -0.15) is 0 Å². The monoisotopic (exact) mass is 248 g/mol. The molecule has 1 aliphatic heterocycles. The lowest BCUT2D eigenvalue weighted by atomic mass is 10.0. The molecule has 1 unspecified atom stereocenters. The van der Waals surface area contributed by atoms with Crippen molar-refractivity contribution in [1.82, 2.24) is 5.32 Å². The van der Waals surface area contributed by atoms with Gasteiger partial charge in [0.1, 0.15) is 0 Å². The molecule has 0 aliphatic carbocycles. The van der Waals surface area contributed by atoms with Crippen LogP contribution in [0.1, 0.15) is 37.8 Å². The van der Waals surface area contributed by atoms with Crippen LogP contribution in [0.4, 0.5) is 5.69 Å². The van der Waals surface area contributed by atoms with E-state index in [2.05, 4.69) is 41.4 Å². The van der Waals surface area contributed by atoms with Crippen molar-refractivity contribution in [3.8, 4) is 0 Å². The van der Waals surface area contributed by atoms with E-state index < -0.39 is 0 Å². The van der Waals surface area contributed by atoms with Crippen molar-refractivity contribution in [2.45, 2.75) is 32.2 Å². The molecule has 0 bridgehead atoms. The van der Waals surface area contributed by atoms with E-state index in [4.69, 9.17) is 5.11 Å². The molecule has 1 aromatic rings. The molecule has 2 N–H and O–H groups in total. The predicted molar refractivity (Wildman–Crippen MR) is 76.0 cm³/mol. The van der Waals surface area contributed by atoms with Gasteiger partial charge in [0.15, 0.2) is 0 Å². The van der Waals surface area contributed by atoms with E-state index in [1.165, 1.54) is 24.1 Å². The molecule has 0 amide bonds. The van der Waals surface area contributed by atoms with Gasteiger partial charge < -0.3 is 15.3 Å². The second-order valence-corrected chi connectivity index (χ2v) is 4.88. The molecule has 2 rings (SSSR count). The SMILES string of the molecule is CCNC1CCCN(CCCO)c2ccccc21. The number of hydrogen-bond acceptors (Lipinski definition) is 3. The molecule has 3 heteroatoms. The van der Waals surface area contributed by atoms with Gasteiger partial charge in [-0.15, -0.1) is 0 Å². The zero-order valence-corrected chi connectivity index (χ0v) is 11.2. The van der Waals surface area contributed by atoms with E-state index in [1.807, 2.05) is 0 Å². The van der Waals surface area contributed by atoms with E-state index in [1.54, 1.807) is 0 Å². The molecule has 0 saturated heterocycles. The topological polar surface area (TPSA) is 35.5 Å². The Labute approximate surface area is 110 Å². The maximum atomic E-state index is 9.01. The predicted octanol–water partition coefficient (Wildman–Crippen LogP) is 2.32. The van der Waals surface area contributed by atoms with Crippen molar-refractivity contribution in [2.75, 3.05) is 31.1 Å². The summed E-state index contributed by atoms with van der Waals surface area (Å²) in [5.74, 6) is 0. The first kappa shape index (κ1) is 13.4. The first-order valence-corrected chi connectivity index (χ1v) is 7.05. The van der Waals surface area contributed by atoms with E-state index in [0.717, 1.165) is 26.1 Å². The zero-order chi connectivity index (χ0) is 12.8. The number of benzene rings is 1. The molecule has 0 fully saturated rings. The maximum Gasteiger partial charge on any atom is 0.0447 e. The van der Waals surface area contributed by atoms with Crippen molar-refractivity contribution in [2.24, 2.45) is 0 Å². The molecule has 100 valence electrons. The molecule has 0 saturated carbocycles. The summed E-state index contributed by atoms with van der Waals surface area (Å²) in [7, 11) is 0. The lowest BCUT2D eigenvalue weighted by molar-refractivity contribution is 0.289. The van der Waals surface area contributed by atoms with Crippen LogP contribution in [0, 0.1) is 0 Å². The highest BCUT2D eigenvalue weighted by molar-refractivity contribution is 5.55. The summed E-state index contributed by atoms with van der Waals surface area (Å²) in [4.78, 5) is 2.42. The minimum absolute atomic E-state index is 0.273. The number of aliphatic hydroxyl groups excluding tert-OH is 1. The van der Waals surface area contributed by atoms with Crippen molar-refractivity contribution >= 4 is 5.69 Å². The summed E-state index contributed by atoms with van der Waals surface area (Å²) in [6.07, 6.45) is 3.25. The van der Waals surface area contributed by atoms with E-state index in [0.29, 0.717) is 6.04 Å². The average Bonchev–Trinajstić information content (AvgIpc) is 2.57. The molecule has 0 radical (unpaired) electrons. The van der Waals surface area contributed by atoms with Crippen LogP contribution < -0.4 is 10.2 Å². The van der Waals surface area contributed by atoms with Crippen LogP contribution >= 0.6 is 0 Å². The third-order valence-corrected chi connectivity index (χ3v) is 3.61. The number of nitrogens with zero attached hydrogens (tertiary/aromatic N) is 1. The normalized spacial score (nSPS) is 19.4. The molecule has 18 heavy (non-hydrogen) atoms. The second kappa shape index (κ2) is 6.76. The number of aliphatic hydroxyl groups is 1. The van der Waals surface area contributed by atoms with E-state index in [9.17, 15) is 0 Å². The molecule has 1 atom stereocenters. The number of anilines is 1.